The Bertz CT molecular complexity index is 869. The normalized spacial score (nSPS) is 15.4. The van der Waals surface area contributed by atoms with Crippen LogP contribution in [-0.2, 0) is 4.79 Å². The van der Waals surface area contributed by atoms with Gasteiger partial charge in [0.2, 0.25) is 0 Å². The monoisotopic (exact) mass is 467 g/mol. The Labute approximate surface area is 193 Å². The molecule has 2 aromatic rings. The average molecular weight is 468 g/mol. The van der Waals surface area contributed by atoms with Gasteiger partial charge in [0.15, 0.2) is 0 Å². The summed E-state index contributed by atoms with van der Waals surface area (Å²) in [6, 6.07) is 6.09. The lowest BCUT2D eigenvalue weighted by molar-refractivity contribution is -0.122. The number of thioether (sulfide) groups is 2. The lowest BCUT2D eigenvalue weighted by Gasteiger charge is -2.12. The number of imide groups is 1. The molecule has 5 nitrogen and oxygen atoms in total. The van der Waals surface area contributed by atoms with Gasteiger partial charge >= 0.3 is 0 Å². The van der Waals surface area contributed by atoms with Crippen molar-refractivity contribution in [2.75, 3.05) is 12.3 Å². The first-order valence-corrected chi connectivity index (χ1v) is 12.3. The topological polar surface area (TPSA) is 54.7 Å². The average Bonchev–Trinajstić information content (AvgIpc) is 3.30. The predicted octanol–water partition coefficient (Wildman–Crippen LogP) is 6.57. The lowest BCUT2D eigenvalue weighted by atomic mass is 10.1. The number of amides is 2. The summed E-state index contributed by atoms with van der Waals surface area (Å²) in [4.78, 5) is 31.0. The van der Waals surface area contributed by atoms with Gasteiger partial charge in [0.1, 0.15) is 5.65 Å². The van der Waals surface area contributed by atoms with Crippen LogP contribution >= 0.6 is 35.9 Å². The molecule has 0 radical (unpaired) electrons. The van der Waals surface area contributed by atoms with E-state index in [0.717, 1.165) is 53.9 Å². The van der Waals surface area contributed by atoms with E-state index < -0.39 is 0 Å². The second kappa shape index (κ2) is 13.1. The number of fused-ring (bicyclic) bond motifs is 1. The fourth-order valence-electron chi connectivity index (χ4n) is 3.30. The molecule has 0 saturated carbocycles. The molecule has 0 aliphatic carbocycles. The van der Waals surface area contributed by atoms with Crippen molar-refractivity contribution in [2.24, 2.45) is 0 Å². The molecule has 0 unspecified atom stereocenters. The van der Waals surface area contributed by atoms with Crippen molar-refractivity contribution in [3.63, 3.8) is 0 Å². The summed E-state index contributed by atoms with van der Waals surface area (Å²) in [6.07, 6.45) is 14.4. The smallest absolute Gasteiger partial charge is 0.293 e. The zero-order valence-electron chi connectivity index (χ0n) is 17.4. The maximum absolute atomic E-state index is 12.5. The summed E-state index contributed by atoms with van der Waals surface area (Å²) in [6.45, 7) is 2.71. The molecule has 8 heteroatoms. The van der Waals surface area contributed by atoms with Crippen LogP contribution in [0.4, 0.5) is 4.79 Å². The Morgan fingerprint density at radius 1 is 1.10 bits per heavy atom. The summed E-state index contributed by atoms with van der Waals surface area (Å²) >= 11 is 2.87. The maximum atomic E-state index is 12.5. The van der Waals surface area contributed by atoms with Gasteiger partial charge in [-0.25, -0.2) is 4.98 Å². The number of pyridine rings is 1. The van der Waals surface area contributed by atoms with Crippen molar-refractivity contribution in [3.8, 4) is 0 Å². The Morgan fingerprint density at radius 3 is 2.77 bits per heavy atom. The van der Waals surface area contributed by atoms with E-state index in [-0.39, 0.29) is 23.6 Å². The van der Waals surface area contributed by atoms with Gasteiger partial charge in [-0.3, -0.25) is 18.9 Å². The number of allylic oxidation sites excluding steroid dienone is 1. The van der Waals surface area contributed by atoms with Crippen molar-refractivity contribution in [1.82, 2.24) is 14.3 Å². The predicted molar refractivity (Wildman–Crippen MR) is 129 cm³/mol. The van der Waals surface area contributed by atoms with Crippen molar-refractivity contribution in [2.45, 2.75) is 63.3 Å². The van der Waals surface area contributed by atoms with Gasteiger partial charge in [-0.15, -0.1) is 24.2 Å². The number of carbonyl (C=O) groups excluding carboxylic acids is 2. The number of rotatable bonds is 12. The number of aromatic nitrogens is 2. The van der Waals surface area contributed by atoms with E-state index in [9.17, 15) is 9.59 Å². The first kappa shape index (κ1) is 24.8. The second-order valence-electron chi connectivity index (χ2n) is 7.17. The largest absolute Gasteiger partial charge is 0.294 e. The number of carbonyl (C=O) groups is 2. The molecule has 30 heavy (non-hydrogen) atoms. The third-order valence-corrected chi connectivity index (χ3v) is 7.01. The van der Waals surface area contributed by atoms with Crippen LogP contribution in [0.25, 0.3) is 5.65 Å². The Balaban J connectivity index is 0.00000320. The number of nitrogens with zero attached hydrogens (tertiary/aromatic N) is 3. The van der Waals surface area contributed by atoms with E-state index in [2.05, 4.69) is 22.4 Å². The van der Waals surface area contributed by atoms with Crippen molar-refractivity contribution in [3.05, 3.63) is 41.6 Å². The highest BCUT2D eigenvalue weighted by Crippen LogP contribution is 2.31. The van der Waals surface area contributed by atoms with Crippen LogP contribution in [0.1, 0.15) is 58.3 Å². The van der Waals surface area contributed by atoms with Gasteiger partial charge in [-0.05, 0) is 55.3 Å². The van der Waals surface area contributed by atoms with Crippen LogP contribution in [0.3, 0.4) is 0 Å². The molecule has 2 amide bonds. The first-order valence-electron chi connectivity index (χ1n) is 10.5. The Kier molecular flexibility index (Phi) is 10.8. The van der Waals surface area contributed by atoms with Gasteiger partial charge in [-0.1, -0.05) is 44.7 Å². The number of hydrogen-bond acceptors (Lipinski definition) is 5. The fourth-order valence-corrected chi connectivity index (χ4v) is 5.20. The molecule has 1 aliphatic rings. The molecule has 0 bridgehead atoms. The Hall–Kier alpha value is -1.44. The van der Waals surface area contributed by atoms with E-state index in [1.165, 1.54) is 30.6 Å². The summed E-state index contributed by atoms with van der Waals surface area (Å²) in [5, 5.41) is 1.04. The molecule has 164 valence electrons. The molecule has 0 atom stereocenters. The highest BCUT2D eigenvalue weighted by atomic mass is 35.5. The first-order chi connectivity index (χ1) is 14.2. The van der Waals surface area contributed by atoms with E-state index >= 15 is 0 Å². The van der Waals surface area contributed by atoms with E-state index in [1.807, 2.05) is 24.4 Å². The minimum absolute atomic E-state index is 0. The quantitative estimate of drug-likeness (QED) is 0.201. The summed E-state index contributed by atoms with van der Waals surface area (Å²) in [5.41, 5.74) is 0.949. The fraction of sp³-hybridized carbons (Fsp3) is 0.500. The standard InChI is InChI=1S/C22H29N3O2S2.ClH/c1-2-3-4-5-6-7-11-18-21(26)25(22(27)29-18)15-8-9-17-28-20-13-10-12-19-23-14-16-24(19)20;/h10-14,16H,2-9,15,17H2,1H3;1H/b18-11+;. The molecule has 0 aromatic carbocycles. The molecular formula is C22H30ClN3O2S2. The van der Waals surface area contributed by atoms with Crippen LogP contribution in [0.15, 0.2) is 46.6 Å². The Morgan fingerprint density at radius 2 is 1.93 bits per heavy atom. The number of imidazole rings is 1. The van der Waals surface area contributed by atoms with Crippen molar-refractivity contribution >= 4 is 52.7 Å². The maximum Gasteiger partial charge on any atom is 0.293 e. The SMILES string of the molecule is CCCCCCC/C=C1/SC(=O)N(CCCCSc2cccc3nccn23)C1=O.Cl. The number of halogens is 1. The minimum atomic E-state index is -0.122. The summed E-state index contributed by atoms with van der Waals surface area (Å²) in [5.74, 6) is 0.839. The zero-order valence-corrected chi connectivity index (χ0v) is 19.9. The van der Waals surface area contributed by atoms with Crippen LogP contribution in [-0.4, -0.2) is 37.7 Å². The van der Waals surface area contributed by atoms with Gasteiger partial charge in [-0.2, -0.15) is 0 Å². The molecule has 0 spiro atoms. The third-order valence-electron chi connectivity index (χ3n) is 4.93. The highest BCUT2D eigenvalue weighted by Gasteiger charge is 2.34. The molecule has 0 N–H and O–H groups in total. The molecule has 3 rings (SSSR count). The van der Waals surface area contributed by atoms with Gasteiger partial charge < -0.3 is 0 Å². The van der Waals surface area contributed by atoms with E-state index in [0.29, 0.717) is 11.4 Å². The molecule has 1 saturated heterocycles. The van der Waals surface area contributed by atoms with Crippen LogP contribution in [0.2, 0.25) is 0 Å². The van der Waals surface area contributed by atoms with Gasteiger partial charge in [0, 0.05) is 18.9 Å². The second-order valence-corrected chi connectivity index (χ2v) is 9.28. The lowest BCUT2D eigenvalue weighted by Crippen LogP contribution is -2.29. The van der Waals surface area contributed by atoms with E-state index in [4.69, 9.17) is 0 Å². The van der Waals surface area contributed by atoms with Crippen LogP contribution in [0.5, 0.6) is 0 Å². The van der Waals surface area contributed by atoms with Gasteiger partial charge in [0.05, 0.1) is 9.93 Å². The van der Waals surface area contributed by atoms with Crippen LogP contribution < -0.4 is 0 Å². The molecule has 1 fully saturated rings. The van der Waals surface area contributed by atoms with Gasteiger partial charge in [0.25, 0.3) is 11.1 Å². The third kappa shape index (κ3) is 6.79. The summed E-state index contributed by atoms with van der Waals surface area (Å²) in [7, 11) is 0. The minimum Gasteiger partial charge on any atom is -0.294 e. The highest BCUT2D eigenvalue weighted by molar-refractivity contribution is 8.18. The van der Waals surface area contributed by atoms with E-state index in [1.54, 1.807) is 18.0 Å². The molecule has 1 aliphatic heterocycles. The molecule has 3 heterocycles. The van der Waals surface area contributed by atoms with Crippen LogP contribution in [0, 0.1) is 0 Å². The molecule has 2 aromatic heterocycles. The van der Waals surface area contributed by atoms with Crippen molar-refractivity contribution in [1.29, 1.82) is 0 Å². The number of hydrogen-bond donors (Lipinski definition) is 0. The summed E-state index contributed by atoms with van der Waals surface area (Å²) < 4.78 is 2.08. The zero-order chi connectivity index (χ0) is 20.5. The van der Waals surface area contributed by atoms with Crippen molar-refractivity contribution < 1.29 is 9.59 Å². The number of unbranched alkanes of at least 4 members (excludes halogenated alkanes) is 6. The molecular weight excluding hydrogens is 438 g/mol.